The second kappa shape index (κ2) is 5.03. The molecule has 3 N–H and O–H groups in total. The average molecular weight is 277 g/mol. The number of benzene rings is 1. The number of nitrogens with zero attached hydrogens (tertiary/aromatic N) is 1. The van der Waals surface area contributed by atoms with Gasteiger partial charge in [-0.15, -0.1) is 0 Å². The fraction of sp³-hybridized carbons (Fsp3) is 0.231. The Hall–Kier alpha value is -1.85. The monoisotopic (exact) mass is 276 g/mol. The molecule has 1 aliphatic heterocycles. The lowest BCUT2D eigenvalue weighted by Crippen LogP contribution is -2.31. The van der Waals surface area contributed by atoms with Gasteiger partial charge in [0.05, 0.1) is 11.3 Å². The first-order chi connectivity index (χ1) is 9.22. The minimum Gasteiger partial charge on any atom is -0.326 e. The number of fused-ring (bicyclic) bond motifs is 1. The maximum absolute atomic E-state index is 11.9. The van der Waals surface area contributed by atoms with E-state index in [2.05, 4.69) is 20.6 Å². The second-order valence-corrected chi connectivity index (χ2v) is 4.83. The number of nitrogens with one attached hydrogen (secondary N) is 3. The minimum atomic E-state index is -0.0892. The Morgan fingerprint density at radius 1 is 1.26 bits per heavy atom. The maximum atomic E-state index is 11.9. The van der Waals surface area contributed by atoms with Crippen molar-refractivity contribution in [3.63, 3.8) is 0 Å². The largest absolute Gasteiger partial charge is 0.326 e. The third-order valence-electron chi connectivity index (χ3n) is 3.05. The summed E-state index contributed by atoms with van der Waals surface area (Å²) < 4.78 is 0. The first-order valence-corrected chi connectivity index (χ1v) is 6.45. The van der Waals surface area contributed by atoms with Gasteiger partial charge in [-0.2, -0.15) is 0 Å². The molecule has 0 saturated heterocycles. The second-order valence-electron chi connectivity index (χ2n) is 4.40. The Kier molecular flexibility index (Phi) is 3.23. The molecule has 19 heavy (non-hydrogen) atoms. The van der Waals surface area contributed by atoms with E-state index in [0.29, 0.717) is 17.5 Å². The SMILES string of the molecule is O=c1[nH]c(Nc2ccc(Cl)cc2)nc2c1CNCC2. The number of halogens is 1. The molecule has 1 aromatic carbocycles. The van der Waals surface area contributed by atoms with Crippen molar-refractivity contribution in [3.05, 3.63) is 50.9 Å². The van der Waals surface area contributed by atoms with Gasteiger partial charge < -0.3 is 10.6 Å². The summed E-state index contributed by atoms with van der Waals surface area (Å²) in [6.07, 6.45) is 0.772. The van der Waals surface area contributed by atoms with Gasteiger partial charge in [-0.25, -0.2) is 4.98 Å². The highest BCUT2D eigenvalue weighted by Gasteiger charge is 2.14. The molecular weight excluding hydrogens is 264 g/mol. The van der Waals surface area contributed by atoms with Crippen molar-refractivity contribution in [2.24, 2.45) is 0 Å². The molecular formula is C13H13ClN4O. The summed E-state index contributed by atoms with van der Waals surface area (Å²) in [5.74, 6) is 0.466. The van der Waals surface area contributed by atoms with E-state index in [1.807, 2.05) is 12.1 Å². The summed E-state index contributed by atoms with van der Waals surface area (Å²) in [5.41, 5.74) is 2.34. The van der Waals surface area contributed by atoms with Crippen LogP contribution in [0, 0.1) is 0 Å². The zero-order chi connectivity index (χ0) is 13.2. The van der Waals surface area contributed by atoms with E-state index in [4.69, 9.17) is 11.6 Å². The van der Waals surface area contributed by atoms with Gasteiger partial charge in [-0.05, 0) is 24.3 Å². The predicted molar refractivity (Wildman–Crippen MR) is 75.0 cm³/mol. The topological polar surface area (TPSA) is 69.8 Å². The average Bonchev–Trinajstić information content (AvgIpc) is 2.42. The lowest BCUT2D eigenvalue weighted by molar-refractivity contribution is 0.621. The number of rotatable bonds is 2. The number of hydrogen-bond acceptors (Lipinski definition) is 4. The maximum Gasteiger partial charge on any atom is 0.257 e. The van der Waals surface area contributed by atoms with Crippen molar-refractivity contribution >= 4 is 23.2 Å². The van der Waals surface area contributed by atoms with Gasteiger partial charge in [0.1, 0.15) is 0 Å². The van der Waals surface area contributed by atoms with E-state index in [-0.39, 0.29) is 5.56 Å². The third kappa shape index (κ3) is 2.62. The van der Waals surface area contributed by atoms with Gasteiger partial charge in [0, 0.05) is 30.2 Å². The van der Waals surface area contributed by atoms with Gasteiger partial charge in [-0.3, -0.25) is 9.78 Å². The highest BCUT2D eigenvalue weighted by molar-refractivity contribution is 6.30. The predicted octanol–water partition coefficient (Wildman–Crippen LogP) is 1.81. The van der Waals surface area contributed by atoms with E-state index < -0.39 is 0 Å². The molecule has 2 aromatic rings. The molecule has 0 atom stereocenters. The summed E-state index contributed by atoms with van der Waals surface area (Å²) in [5, 5.41) is 6.91. The van der Waals surface area contributed by atoms with Crippen LogP contribution in [0.2, 0.25) is 5.02 Å². The first-order valence-electron chi connectivity index (χ1n) is 6.08. The molecule has 5 nitrogen and oxygen atoms in total. The molecule has 0 amide bonds. The quantitative estimate of drug-likeness (QED) is 0.782. The summed E-state index contributed by atoms with van der Waals surface area (Å²) in [6.45, 7) is 1.43. The Morgan fingerprint density at radius 2 is 2.05 bits per heavy atom. The molecule has 0 fully saturated rings. The zero-order valence-corrected chi connectivity index (χ0v) is 10.9. The van der Waals surface area contributed by atoms with Crippen LogP contribution in [0.3, 0.4) is 0 Å². The molecule has 6 heteroatoms. The fourth-order valence-corrected chi connectivity index (χ4v) is 2.21. The summed E-state index contributed by atoms with van der Waals surface area (Å²) >= 11 is 5.83. The molecule has 0 radical (unpaired) electrons. The van der Waals surface area contributed by atoms with Crippen molar-refractivity contribution in [2.75, 3.05) is 11.9 Å². The van der Waals surface area contributed by atoms with Crippen LogP contribution in [0.5, 0.6) is 0 Å². The molecule has 2 heterocycles. The normalized spacial score (nSPS) is 13.9. The van der Waals surface area contributed by atoms with E-state index in [0.717, 1.165) is 29.9 Å². The van der Waals surface area contributed by atoms with Crippen LogP contribution in [-0.2, 0) is 13.0 Å². The molecule has 0 aliphatic carbocycles. The Bertz CT molecular complexity index is 651. The van der Waals surface area contributed by atoms with Gasteiger partial charge >= 0.3 is 0 Å². The van der Waals surface area contributed by atoms with E-state index in [1.54, 1.807) is 12.1 Å². The number of hydrogen-bond donors (Lipinski definition) is 3. The molecule has 98 valence electrons. The molecule has 0 unspecified atom stereocenters. The molecule has 0 bridgehead atoms. The molecule has 0 spiro atoms. The lowest BCUT2D eigenvalue weighted by Gasteiger charge is -2.16. The van der Waals surface area contributed by atoms with Gasteiger partial charge in [-0.1, -0.05) is 11.6 Å². The van der Waals surface area contributed by atoms with Crippen molar-refractivity contribution in [3.8, 4) is 0 Å². The first kappa shape index (κ1) is 12.2. The van der Waals surface area contributed by atoms with Crippen LogP contribution in [0.25, 0.3) is 0 Å². The fourth-order valence-electron chi connectivity index (χ4n) is 2.08. The van der Waals surface area contributed by atoms with E-state index in [1.165, 1.54) is 0 Å². The van der Waals surface area contributed by atoms with E-state index in [9.17, 15) is 4.79 Å². The minimum absolute atomic E-state index is 0.0892. The van der Waals surface area contributed by atoms with Gasteiger partial charge in [0.2, 0.25) is 5.95 Å². The van der Waals surface area contributed by atoms with Crippen LogP contribution in [-0.4, -0.2) is 16.5 Å². The highest BCUT2D eigenvalue weighted by atomic mass is 35.5. The summed E-state index contributed by atoms with van der Waals surface area (Å²) in [6, 6.07) is 7.24. The number of aromatic amines is 1. The van der Waals surface area contributed by atoms with Crippen LogP contribution in [0.15, 0.2) is 29.1 Å². The number of H-pyrrole nitrogens is 1. The standard InChI is InChI=1S/C13H13ClN4O/c14-8-1-3-9(4-2-8)16-13-17-11-5-6-15-7-10(11)12(19)18-13/h1-4,15H,5-7H2,(H2,16,17,18,19). The van der Waals surface area contributed by atoms with Crippen molar-refractivity contribution in [2.45, 2.75) is 13.0 Å². The molecule has 3 rings (SSSR count). The number of anilines is 2. The Labute approximate surface area is 115 Å². The molecule has 0 saturated carbocycles. The summed E-state index contributed by atoms with van der Waals surface area (Å²) in [7, 11) is 0. The molecule has 1 aliphatic rings. The van der Waals surface area contributed by atoms with Gasteiger partial charge in [0.25, 0.3) is 5.56 Å². The van der Waals surface area contributed by atoms with Crippen molar-refractivity contribution < 1.29 is 0 Å². The third-order valence-corrected chi connectivity index (χ3v) is 3.30. The Balaban J connectivity index is 1.91. The van der Waals surface area contributed by atoms with Crippen LogP contribution < -0.4 is 16.2 Å². The zero-order valence-electron chi connectivity index (χ0n) is 10.2. The smallest absolute Gasteiger partial charge is 0.257 e. The van der Waals surface area contributed by atoms with Crippen LogP contribution in [0.4, 0.5) is 11.6 Å². The highest BCUT2D eigenvalue weighted by Crippen LogP contribution is 2.17. The van der Waals surface area contributed by atoms with Gasteiger partial charge in [0.15, 0.2) is 0 Å². The van der Waals surface area contributed by atoms with E-state index >= 15 is 0 Å². The summed E-state index contributed by atoms with van der Waals surface area (Å²) in [4.78, 5) is 19.1. The number of aromatic nitrogens is 2. The van der Waals surface area contributed by atoms with Crippen molar-refractivity contribution in [1.29, 1.82) is 0 Å². The van der Waals surface area contributed by atoms with Crippen LogP contribution >= 0.6 is 11.6 Å². The lowest BCUT2D eigenvalue weighted by atomic mass is 10.1. The van der Waals surface area contributed by atoms with Crippen molar-refractivity contribution in [1.82, 2.24) is 15.3 Å². The Morgan fingerprint density at radius 3 is 2.84 bits per heavy atom. The molecule has 1 aromatic heterocycles. The van der Waals surface area contributed by atoms with Crippen LogP contribution in [0.1, 0.15) is 11.3 Å².